The van der Waals surface area contributed by atoms with Gasteiger partial charge in [0.2, 0.25) is 0 Å². The van der Waals surface area contributed by atoms with E-state index in [0.717, 1.165) is 21.4 Å². The molecule has 1 aliphatic rings. The Balaban J connectivity index is 2.01. The molecule has 1 aromatic heterocycles. The second-order valence-corrected chi connectivity index (χ2v) is 6.14. The largest absolute Gasteiger partial charge is 0.383 e. The standard InChI is InChI=1S/C15H17BrN4/c1-20(2)11-7-5-10(6-8-11)15-18-13(9-3-4-9)12(16)14(17)19-15/h5-9H,3-4H2,1-2H3,(H2,17,18,19). The van der Waals surface area contributed by atoms with Gasteiger partial charge >= 0.3 is 0 Å². The Hall–Kier alpha value is -1.62. The molecule has 3 rings (SSSR count). The summed E-state index contributed by atoms with van der Waals surface area (Å²) in [5.41, 5.74) is 9.19. The van der Waals surface area contributed by atoms with Crippen molar-refractivity contribution in [1.82, 2.24) is 9.97 Å². The number of nitrogen functional groups attached to an aromatic ring is 1. The van der Waals surface area contributed by atoms with Crippen LogP contribution in [0.2, 0.25) is 0 Å². The summed E-state index contributed by atoms with van der Waals surface area (Å²) in [5.74, 6) is 1.76. The molecule has 0 amide bonds. The minimum Gasteiger partial charge on any atom is -0.383 e. The third-order valence-electron chi connectivity index (χ3n) is 3.51. The number of hydrogen-bond acceptors (Lipinski definition) is 4. The molecule has 0 atom stereocenters. The molecule has 0 bridgehead atoms. The lowest BCUT2D eigenvalue weighted by atomic mass is 10.1. The van der Waals surface area contributed by atoms with E-state index in [1.165, 1.54) is 12.8 Å². The summed E-state index contributed by atoms with van der Waals surface area (Å²) in [7, 11) is 4.04. The predicted molar refractivity (Wildman–Crippen MR) is 85.9 cm³/mol. The number of nitrogens with zero attached hydrogens (tertiary/aromatic N) is 3. The lowest BCUT2D eigenvalue weighted by Gasteiger charge is -2.13. The zero-order valence-electron chi connectivity index (χ0n) is 11.6. The summed E-state index contributed by atoms with van der Waals surface area (Å²) < 4.78 is 0.855. The first-order chi connectivity index (χ1) is 9.56. The van der Waals surface area contributed by atoms with Crippen LogP contribution in [0.1, 0.15) is 24.5 Å². The van der Waals surface area contributed by atoms with Crippen LogP contribution in [0.15, 0.2) is 28.7 Å². The Labute approximate surface area is 127 Å². The molecule has 0 saturated heterocycles. The maximum atomic E-state index is 6.00. The van der Waals surface area contributed by atoms with Crippen LogP contribution < -0.4 is 10.6 Å². The quantitative estimate of drug-likeness (QED) is 0.935. The molecule has 1 heterocycles. The van der Waals surface area contributed by atoms with Crippen molar-refractivity contribution in [3.63, 3.8) is 0 Å². The van der Waals surface area contributed by atoms with Gasteiger partial charge in [-0.3, -0.25) is 0 Å². The first kappa shape index (κ1) is 13.4. The number of nitrogens with two attached hydrogens (primary N) is 1. The van der Waals surface area contributed by atoms with Gasteiger partial charge in [0.1, 0.15) is 5.82 Å². The lowest BCUT2D eigenvalue weighted by Crippen LogP contribution is -2.08. The smallest absolute Gasteiger partial charge is 0.161 e. The second kappa shape index (κ2) is 5.05. The molecule has 0 radical (unpaired) electrons. The number of hydrogen-bond donors (Lipinski definition) is 1. The zero-order chi connectivity index (χ0) is 14.3. The molecule has 2 aromatic rings. The van der Waals surface area contributed by atoms with E-state index in [-0.39, 0.29) is 0 Å². The fourth-order valence-electron chi connectivity index (χ4n) is 2.15. The van der Waals surface area contributed by atoms with Gasteiger partial charge in [-0.05, 0) is 53.0 Å². The summed E-state index contributed by atoms with van der Waals surface area (Å²) in [6.07, 6.45) is 2.38. The van der Waals surface area contributed by atoms with Crippen LogP contribution in [0.4, 0.5) is 11.5 Å². The lowest BCUT2D eigenvalue weighted by molar-refractivity contribution is 0.984. The summed E-state index contributed by atoms with van der Waals surface area (Å²) in [6.45, 7) is 0. The molecular weight excluding hydrogens is 316 g/mol. The third kappa shape index (κ3) is 2.50. The van der Waals surface area contributed by atoms with E-state index in [4.69, 9.17) is 5.73 Å². The van der Waals surface area contributed by atoms with Gasteiger partial charge < -0.3 is 10.6 Å². The number of rotatable bonds is 3. The Morgan fingerprint density at radius 3 is 2.35 bits per heavy atom. The summed E-state index contributed by atoms with van der Waals surface area (Å²) in [5, 5.41) is 0. The van der Waals surface area contributed by atoms with Crippen molar-refractivity contribution in [3.05, 3.63) is 34.4 Å². The second-order valence-electron chi connectivity index (χ2n) is 5.35. The van der Waals surface area contributed by atoms with Gasteiger partial charge in [0.15, 0.2) is 5.82 Å². The highest BCUT2D eigenvalue weighted by Crippen LogP contribution is 2.43. The fraction of sp³-hybridized carbons (Fsp3) is 0.333. The van der Waals surface area contributed by atoms with Gasteiger partial charge in [0.25, 0.3) is 0 Å². The first-order valence-corrected chi connectivity index (χ1v) is 7.46. The fourth-order valence-corrected chi connectivity index (χ4v) is 2.65. The van der Waals surface area contributed by atoms with E-state index in [1.807, 2.05) is 26.2 Å². The SMILES string of the molecule is CN(C)c1ccc(-c2nc(N)c(Br)c(C3CC3)n2)cc1. The summed E-state index contributed by atoms with van der Waals surface area (Å²) in [4.78, 5) is 11.1. The molecule has 2 N–H and O–H groups in total. The van der Waals surface area contributed by atoms with E-state index < -0.39 is 0 Å². The minimum absolute atomic E-state index is 0.522. The van der Waals surface area contributed by atoms with Crippen molar-refractivity contribution >= 4 is 27.4 Å². The molecular formula is C15H17BrN4. The van der Waals surface area contributed by atoms with Crippen LogP contribution in [0.3, 0.4) is 0 Å². The average Bonchev–Trinajstić information content (AvgIpc) is 3.26. The summed E-state index contributed by atoms with van der Waals surface area (Å²) >= 11 is 3.50. The molecule has 5 heteroatoms. The van der Waals surface area contributed by atoms with Crippen LogP contribution in [0.5, 0.6) is 0 Å². The van der Waals surface area contributed by atoms with E-state index in [9.17, 15) is 0 Å². The highest BCUT2D eigenvalue weighted by atomic mass is 79.9. The maximum absolute atomic E-state index is 6.00. The van der Waals surface area contributed by atoms with Crippen molar-refractivity contribution in [1.29, 1.82) is 0 Å². The zero-order valence-corrected chi connectivity index (χ0v) is 13.2. The van der Waals surface area contributed by atoms with Gasteiger partial charge in [-0.2, -0.15) is 0 Å². The molecule has 20 heavy (non-hydrogen) atoms. The van der Waals surface area contributed by atoms with Crippen LogP contribution in [-0.2, 0) is 0 Å². The molecule has 0 spiro atoms. The summed E-state index contributed by atoms with van der Waals surface area (Å²) in [6, 6.07) is 8.20. The van der Waals surface area contributed by atoms with Crippen molar-refractivity contribution in [2.24, 2.45) is 0 Å². The van der Waals surface area contributed by atoms with E-state index in [1.54, 1.807) is 0 Å². The molecule has 0 aliphatic heterocycles. The molecule has 4 nitrogen and oxygen atoms in total. The van der Waals surface area contributed by atoms with Gasteiger partial charge in [0, 0.05) is 31.3 Å². The Bertz CT molecular complexity index is 633. The van der Waals surface area contributed by atoms with Crippen LogP contribution in [-0.4, -0.2) is 24.1 Å². The average molecular weight is 333 g/mol. The molecule has 1 aromatic carbocycles. The number of halogens is 1. The first-order valence-electron chi connectivity index (χ1n) is 6.67. The Morgan fingerprint density at radius 2 is 1.80 bits per heavy atom. The highest BCUT2D eigenvalue weighted by molar-refractivity contribution is 9.10. The Morgan fingerprint density at radius 1 is 1.15 bits per heavy atom. The van der Waals surface area contributed by atoms with Gasteiger partial charge in [-0.25, -0.2) is 9.97 Å². The maximum Gasteiger partial charge on any atom is 0.161 e. The van der Waals surface area contributed by atoms with Crippen molar-refractivity contribution in [3.8, 4) is 11.4 Å². The molecule has 104 valence electrons. The predicted octanol–water partition coefficient (Wildman–Crippen LogP) is 3.43. The van der Waals surface area contributed by atoms with E-state index >= 15 is 0 Å². The van der Waals surface area contributed by atoms with Crippen molar-refractivity contribution < 1.29 is 0 Å². The monoisotopic (exact) mass is 332 g/mol. The topological polar surface area (TPSA) is 55.0 Å². The van der Waals surface area contributed by atoms with Gasteiger partial charge in [0.05, 0.1) is 10.2 Å². The highest BCUT2D eigenvalue weighted by Gasteiger charge is 2.29. The van der Waals surface area contributed by atoms with Crippen LogP contribution in [0.25, 0.3) is 11.4 Å². The minimum atomic E-state index is 0.522. The molecule has 1 fully saturated rings. The van der Waals surface area contributed by atoms with E-state index in [2.05, 4.69) is 42.9 Å². The van der Waals surface area contributed by atoms with Crippen molar-refractivity contribution in [2.45, 2.75) is 18.8 Å². The van der Waals surface area contributed by atoms with Crippen LogP contribution >= 0.6 is 15.9 Å². The number of benzene rings is 1. The van der Waals surface area contributed by atoms with Gasteiger partial charge in [-0.15, -0.1) is 0 Å². The number of aromatic nitrogens is 2. The molecule has 1 aliphatic carbocycles. The number of anilines is 2. The Kier molecular flexibility index (Phi) is 3.38. The van der Waals surface area contributed by atoms with Crippen LogP contribution in [0, 0.1) is 0 Å². The van der Waals surface area contributed by atoms with E-state index in [0.29, 0.717) is 17.6 Å². The third-order valence-corrected chi connectivity index (χ3v) is 4.32. The molecule has 1 saturated carbocycles. The van der Waals surface area contributed by atoms with Gasteiger partial charge in [-0.1, -0.05) is 0 Å². The normalized spacial score (nSPS) is 14.3. The van der Waals surface area contributed by atoms with Crippen molar-refractivity contribution in [2.75, 3.05) is 24.7 Å². The molecule has 0 unspecified atom stereocenters.